The number of halogens is 2. The van der Waals surface area contributed by atoms with Crippen molar-refractivity contribution in [1.29, 1.82) is 0 Å². The molecule has 8 nitrogen and oxygen atoms in total. The number of carbonyl (C=O) groups is 1. The summed E-state index contributed by atoms with van der Waals surface area (Å²) in [4.78, 5) is 19.6. The normalized spacial score (nSPS) is 18.2. The molecule has 0 radical (unpaired) electrons. The molecule has 0 amide bonds. The summed E-state index contributed by atoms with van der Waals surface area (Å²) in [5.41, 5.74) is 1.85. The molecule has 3 heterocycles. The van der Waals surface area contributed by atoms with Crippen LogP contribution in [0, 0.1) is 11.8 Å². The number of benzene rings is 1. The van der Waals surface area contributed by atoms with E-state index in [0.717, 1.165) is 38.8 Å². The maximum atomic E-state index is 13.3. The molecule has 1 atom stereocenters. The van der Waals surface area contributed by atoms with Gasteiger partial charge in [-0.1, -0.05) is 0 Å². The minimum absolute atomic E-state index is 0.0493. The summed E-state index contributed by atoms with van der Waals surface area (Å²) in [6.07, 6.45) is 7.84. The van der Waals surface area contributed by atoms with E-state index >= 15 is 0 Å². The highest BCUT2D eigenvalue weighted by molar-refractivity contribution is 6.02. The molecule has 1 aliphatic heterocycles. The second-order valence-corrected chi connectivity index (χ2v) is 10.1. The van der Waals surface area contributed by atoms with Gasteiger partial charge in [0.1, 0.15) is 28.5 Å². The number of alkyl halides is 2. The van der Waals surface area contributed by atoms with Gasteiger partial charge in [-0.25, -0.2) is 4.98 Å². The first-order chi connectivity index (χ1) is 18.4. The highest BCUT2D eigenvalue weighted by Crippen LogP contribution is 2.40. The smallest absolute Gasteiger partial charge is 0.387 e. The summed E-state index contributed by atoms with van der Waals surface area (Å²) in [5, 5.41) is 9.21. The van der Waals surface area contributed by atoms with Crippen molar-refractivity contribution in [2.75, 3.05) is 40.0 Å². The van der Waals surface area contributed by atoms with Gasteiger partial charge in [-0.15, -0.1) is 0 Å². The lowest BCUT2D eigenvalue weighted by Gasteiger charge is -2.32. The van der Waals surface area contributed by atoms with Crippen molar-refractivity contribution in [1.82, 2.24) is 14.3 Å². The van der Waals surface area contributed by atoms with E-state index in [-0.39, 0.29) is 35.9 Å². The molecule has 1 N–H and O–H groups in total. The van der Waals surface area contributed by atoms with Crippen molar-refractivity contribution in [2.24, 2.45) is 11.8 Å². The Labute approximate surface area is 220 Å². The number of fused-ring (bicyclic) bond motifs is 1. The average Bonchev–Trinajstić information content (AvgIpc) is 3.62. The van der Waals surface area contributed by atoms with Gasteiger partial charge in [-0.05, 0) is 56.3 Å². The summed E-state index contributed by atoms with van der Waals surface area (Å²) < 4.78 is 44.7. The average molecular weight is 530 g/mol. The lowest BCUT2D eigenvalue weighted by Crippen LogP contribution is -2.39. The Balaban J connectivity index is 1.38. The van der Waals surface area contributed by atoms with Crippen LogP contribution in [0.5, 0.6) is 17.2 Å². The number of rotatable bonds is 12. The van der Waals surface area contributed by atoms with Crippen LogP contribution in [-0.4, -0.2) is 71.7 Å². The molecular weight excluding hydrogens is 496 g/mol. The molecule has 1 saturated heterocycles. The zero-order valence-corrected chi connectivity index (χ0v) is 21.4. The van der Waals surface area contributed by atoms with Gasteiger partial charge < -0.3 is 24.2 Å². The fraction of sp³-hybridized carbons (Fsp3) is 0.500. The van der Waals surface area contributed by atoms with E-state index in [0.29, 0.717) is 47.6 Å². The van der Waals surface area contributed by atoms with E-state index in [1.54, 1.807) is 12.3 Å². The monoisotopic (exact) mass is 529 g/mol. The second-order valence-electron chi connectivity index (χ2n) is 10.1. The second kappa shape index (κ2) is 11.7. The minimum Gasteiger partial charge on any atom is -0.496 e. The van der Waals surface area contributed by atoms with Gasteiger partial charge in [0.05, 0.1) is 32.2 Å². The third-order valence-electron chi connectivity index (χ3n) is 7.24. The number of pyridine rings is 1. The van der Waals surface area contributed by atoms with Crippen LogP contribution in [0.3, 0.4) is 0 Å². The number of imidazole rings is 1. The van der Waals surface area contributed by atoms with Crippen LogP contribution in [0.1, 0.15) is 42.5 Å². The molecule has 3 aromatic rings. The number of carbonyl (C=O) groups excluding carboxylic acids is 1. The van der Waals surface area contributed by atoms with Gasteiger partial charge in [0.15, 0.2) is 5.78 Å². The highest BCUT2D eigenvalue weighted by Gasteiger charge is 2.30. The van der Waals surface area contributed by atoms with Crippen molar-refractivity contribution in [3.8, 4) is 28.5 Å². The summed E-state index contributed by atoms with van der Waals surface area (Å²) in [6, 6.07) is 6.78. The van der Waals surface area contributed by atoms with E-state index in [4.69, 9.17) is 14.2 Å². The van der Waals surface area contributed by atoms with Gasteiger partial charge >= 0.3 is 6.61 Å². The fourth-order valence-corrected chi connectivity index (χ4v) is 5.16. The minimum atomic E-state index is -3.08. The number of piperidine rings is 1. The number of β-amino-alcohol motifs (C(OH)–C–C–N with tert-alkyl or cyclic N) is 1. The zero-order valence-electron chi connectivity index (χ0n) is 21.4. The number of methoxy groups -OCH3 is 1. The topological polar surface area (TPSA) is 85.5 Å². The SMILES string of the molecule is COc1cc(-c2cnc3cc(OC[C@H]4CCCN(CCO)C4)ccn23)cc(OC(F)F)c1C(=O)CC1CC1. The molecule has 0 spiro atoms. The third-order valence-corrected chi connectivity index (χ3v) is 7.24. The van der Waals surface area contributed by atoms with Crippen LogP contribution in [-0.2, 0) is 0 Å². The number of Topliss-reactive ketones (excluding diaryl/α,β-unsaturated/α-hetero) is 1. The first-order valence-electron chi connectivity index (χ1n) is 13.1. The van der Waals surface area contributed by atoms with Gasteiger partial charge in [-0.3, -0.25) is 9.20 Å². The molecule has 2 aliphatic rings. The number of nitrogens with zero attached hydrogens (tertiary/aromatic N) is 3. The van der Waals surface area contributed by atoms with Crippen molar-refractivity contribution in [3.63, 3.8) is 0 Å². The van der Waals surface area contributed by atoms with E-state index in [2.05, 4.69) is 9.88 Å². The molecule has 1 aliphatic carbocycles. The van der Waals surface area contributed by atoms with Crippen LogP contribution < -0.4 is 14.2 Å². The Morgan fingerprint density at radius 3 is 2.74 bits per heavy atom. The number of aliphatic hydroxyl groups excluding tert-OH is 1. The van der Waals surface area contributed by atoms with Crippen LogP contribution in [0.25, 0.3) is 16.9 Å². The first kappa shape index (κ1) is 26.4. The Morgan fingerprint density at radius 1 is 1.18 bits per heavy atom. The van der Waals surface area contributed by atoms with Crippen LogP contribution in [0.2, 0.25) is 0 Å². The number of likely N-dealkylation sites (tertiary alicyclic amines) is 1. The predicted molar refractivity (Wildman–Crippen MR) is 137 cm³/mol. The van der Waals surface area contributed by atoms with E-state index in [1.807, 2.05) is 22.7 Å². The molecule has 2 aromatic heterocycles. The number of hydrogen-bond acceptors (Lipinski definition) is 7. The number of ketones is 1. The van der Waals surface area contributed by atoms with Crippen LogP contribution >= 0.6 is 0 Å². The summed E-state index contributed by atoms with van der Waals surface area (Å²) in [6.45, 7) is 0.250. The number of aliphatic hydroxyl groups is 1. The van der Waals surface area contributed by atoms with Crippen molar-refractivity contribution < 1.29 is 32.9 Å². The van der Waals surface area contributed by atoms with Crippen molar-refractivity contribution in [3.05, 3.63) is 42.2 Å². The number of ether oxygens (including phenoxy) is 3. The molecule has 1 saturated carbocycles. The molecule has 1 aromatic carbocycles. The molecule has 0 unspecified atom stereocenters. The first-order valence-corrected chi connectivity index (χ1v) is 13.1. The van der Waals surface area contributed by atoms with Crippen molar-refractivity contribution >= 4 is 11.4 Å². The van der Waals surface area contributed by atoms with Gasteiger partial charge in [0.25, 0.3) is 0 Å². The van der Waals surface area contributed by atoms with E-state index in [9.17, 15) is 18.7 Å². The molecule has 10 heteroatoms. The van der Waals surface area contributed by atoms with Gasteiger partial charge in [0.2, 0.25) is 0 Å². The van der Waals surface area contributed by atoms with Gasteiger partial charge in [0, 0.05) is 43.3 Å². The maximum absolute atomic E-state index is 13.3. The standard InChI is InChI=1S/C28H33F2N3O5/c1-36-24-12-20(13-25(38-28(29)30)27(24)23(35)11-18-4-5-18)22-15-31-26-14-21(6-8-33(22)26)37-17-19-3-2-7-32(16-19)9-10-34/h6,8,12-15,18-19,28,34H,2-5,7,9-11,16-17H2,1H3/t19-/m0/s1. The third kappa shape index (κ3) is 6.07. The molecule has 38 heavy (non-hydrogen) atoms. The summed E-state index contributed by atoms with van der Waals surface area (Å²) in [7, 11) is 1.41. The molecule has 204 valence electrons. The highest BCUT2D eigenvalue weighted by atomic mass is 19.3. The van der Waals surface area contributed by atoms with Crippen LogP contribution in [0.4, 0.5) is 8.78 Å². The summed E-state index contributed by atoms with van der Waals surface area (Å²) in [5.74, 6) is 1.11. The number of aromatic nitrogens is 2. The lowest BCUT2D eigenvalue weighted by atomic mass is 9.99. The Bertz CT molecular complexity index is 1270. The summed E-state index contributed by atoms with van der Waals surface area (Å²) >= 11 is 0. The molecular formula is C28H33F2N3O5. The fourth-order valence-electron chi connectivity index (χ4n) is 5.16. The Morgan fingerprint density at radius 2 is 2.00 bits per heavy atom. The predicted octanol–water partition coefficient (Wildman–Crippen LogP) is 4.68. The lowest BCUT2D eigenvalue weighted by molar-refractivity contribution is -0.0502. The van der Waals surface area contributed by atoms with E-state index < -0.39 is 6.61 Å². The maximum Gasteiger partial charge on any atom is 0.387 e. The number of hydrogen-bond donors (Lipinski definition) is 1. The largest absolute Gasteiger partial charge is 0.496 e. The molecule has 5 rings (SSSR count). The van der Waals surface area contributed by atoms with Crippen LogP contribution in [0.15, 0.2) is 36.7 Å². The van der Waals surface area contributed by atoms with E-state index in [1.165, 1.54) is 13.2 Å². The molecule has 2 fully saturated rings. The Kier molecular flexibility index (Phi) is 8.09. The zero-order chi connectivity index (χ0) is 26.6. The molecule has 0 bridgehead atoms. The van der Waals surface area contributed by atoms with Gasteiger partial charge in [-0.2, -0.15) is 8.78 Å². The van der Waals surface area contributed by atoms with Crippen molar-refractivity contribution in [2.45, 2.75) is 38.7 Å². The Hall–Kier alpha value is -3.24. The quantitative estimate of drug-likeness (QED) is 0.341.